The number of halogens is 2. The third-order valence-corrected chi connectivity index (χ3v) is 5.54. The summed E-state index contributed by atoms with van der Waals surface area (Å²) in [6.45, 7) is 5.17. The van der Waals surface area contributed by atoms with E-state index in [1.165, 1.54) is 44.1 Å². The molecule has 0 spiro atoms. The monoisotopic (exact) mass is 401 g/mol. The molecule has 4 rings (SSSR count). The Hall–Kier alpha value is -2.61. The minimum atomic E-state index is -0.672. The first kappa shape index (κ1) is 19.7. The molecule has 0 amide bonds. The van der Waals surface area contributed by atoms with Crippen LogP contribution in [0.25, 0.3) is 22.4 Å². The lowest BCUT2D eigenvalue weighted by Crippen LogP contribution is -2.40. The van der Waals surface area contributed by atoms with Gasteiger partial charge in [0.25, 0.3) is 5.71 Å². The molecule has 0 radical (unpaired) electrons. The molecule has 3 heterocycles. The Morgan fingerprint density at radius 1 is 1.17 bits per heavy atom. The van der Waals surface area contributed by atoms with Crippen molar-refractivity contribution in [2.24, 2.45) is 0 Å². The molecular formula is C21H25F2N5O. The molecule has 1 saturated heterocycles. The second kappa shape index (κ2) is 8.82. The number of likely N-dealkylation sites (tertiary alicyclic amines) is 1. The highest BCUT2D eigenvalue weighted by molar-refractivity contribution is 5.97. The van der Waals surface area contributed by atoms with Crippen LogP contribution in [0.1, 0.15) is 39.0 Å². The molecule has 1 atom stereocenters. The summed E-state index contributed by atoms with van der Waals surface area (Å²) in [5.41, 5.74) is 0.894. The van der Waals surface area contributed by atoms with Crippen LogP contribution in [0.15, 0.2) is 29.0 Å². The Bertz CT molecular complexity index is 957. The van der Waals surface area contributed by atoms with Gasteiger partial charge in [-0.05, 0) is 44.4 Å². The second-order valence-electron chi connectivity index (χ2n) is 7.47. The lowest BCUT2D eigenvalue weighted by atomic mass is 10.00. The number of hydrogen-bond donors (Lipinski definition) is 1. The van der Waals surface area contributed by atoms with Gasteiger partial charge in [0, 0.05) is 30.8 Å². The number of nitrogens with one attached hydrogen (secondary N) is 1. The molecule has 1 aliphatic heterocycles. The molecule has 6 nitrogen and oxygen atoms in total. The van der Waals surface area contributed by atoms with Crippen LogP contribution in [-0.4, -0.2) is 45.7 Å². The zero-order valence-electron chi connectivity index (χ0n) is 16.5. The normalized spacial score (nSPS) is 17.7. The van der Waals surface area contributed by atoms with Crippen LogP contribution in [0.4, 0.5) is 14.6 Å². The third kappa shape index (κ3) is 4.37. The second-order valence-corrected chi connectivity index (χ2v) is 7.47. The summed E-state index contributed by atoms with van der Waals surface area (Å²) < 4.78 is 32.6. The van der Waals surface area contributed by atoms with Gasteiger partial charge in [-0.15, -0.1) is 0 Å². The van der Waals surface area contributed by atoms with E-state index in [0.29, 0.717) is 28.5 Å². The molecule has 1 aromatic carbocycles. The van der Waals surface area contributed by atoms with Crippen LogP contribution in [0, 0.1) is 11.6 Å². The van der Waals surface area contributed by atoms with E-state index in [0.717, 1.165) is 32.1 Å². The summed E-state index contributed by atoms with van der Waals surface area (Å²) in [7, 11) is 0. The van der Waals surface area contributed by atoms with Gasteiger partial charge in [-0.1, -0.05) is 18.5 Å². The van der Waals surface area contributed by atoms with Gasteiger partial charge in [0.15, 0.2) is 0 Å². The average Bonchev–Trinajstić information content (AvgIpc) is 3.16. The number of piperidine rings is 1. The van der Waals surface area contributed by atoms with Crippen molar-refractivity contribution in [1.29, 1.82) is 0 Å². The topological polar surface area (TPSA) is 67.1 Å². The number of nitrogens with zero attached hydrogens (tertiary/aromatic N) is 4. The number of rotatable bonds is 7. The molecule has 0 bridgehead atoms. The number of hydrogen-bond acceptors (Lipinski definition) is 6. The van der Waals surface area contributed by atoms with Crippen molar-refractivity contribution in [2.75, 3.05) is 25.0 Å². The maximum atomic E-state index is 13.7. The largest absolute Gasteiger partial charge is 0.369 e. The molecule has 154 valence electrons. The van der Waals surface area contributed by atoms with Gasteiger partial charge >= 0.3 is 0 Å². The first-order valence-corrected chi connectivity index (χ1v) is 10.2. The molecule has 1 fully saturated rings. The molecule has 3 aromatic rings. The zero-order valence-corrected chi connectivity index (χ0v) is 16.5. The minimum absolute atomic E-state index is 0.282. The van der Waals surface area contributed by atoms with Gasteiger partial charge in [-0.3, -0.25) is 0 Å². The van der Waals surface area contributed by atoms with Crippen LogP contribution in [0.3, 0.4) is 0 Å². The van der Waals surface area contributed by atoms with Gasteiger partial charge in [-0.25, -0.2) is 13.8 Å². The van der Waals surface area contributed by atoms with Crippen LogP contribution in [-0.2, 0) is 0 Å². The highest BCUT2D eigenvalue weighted by Gasteiger charge is 2.21. The number of aromatic nitrogens is 3. The highest BCUT2D eigenvalue weighted by atomic mass is 19.1. The summed E-state index contributed by atoms with van der Waals surface area (Å²) in [4.78, 5) is 11.0. The van der Waals surface area contributed by atoms with Crippen LogP contribution < -0.4 is 5.32 Å². The van der Waals surface area contributed by atoms with E-state index in [1.807, 2.05) is 0 Å². The minimum Gasteiger partial charge on any atom is -0.369 e. The zero-order chi connectivity index (χ0) is 20.2. The molecule has 2 aromatic heterocycles. The Labute approximate surface area is 168 Å². The molecule has 8 heteroatoms. The number of fused-ring (bicyclic) bond motifs is 1. The standard InChI is InChI=1S/C21H25F2N5O/c1-2-17-6-3-4-8-28(17)9-5-7-24-20-18-19(27-29-21(18)26-13-25-20)14-10-15(22)12-16(23)11-14/h10-13,17H,2-9H2,1H3,(H,24,25,26). The molecule has 1 unspecified atom stereocenters. The van der Waals surface area contributed by atoms with Crippen molar-refractivity contribution in [3.8, 4) is 11.3 Å². The van der Waals surface area contributed by atoms with Crippen molar-refractivity contribution in [1.82, 2.24) is 20.0 Å². The van der Waals surface area contributed by atoms with Crippen molar-refractivity contribution in [3.63, 3.8) is 0 Å². The molecule has 0 saturated carbocycles. The lowest BCUT2D eigenvalue weighted by Gasteiger charge is -2.35. The van der Waals surface area contributed by atoms with E-state index in [9.17, 15) is 8.78 Å². The van der Waals surface area contributed by atoms with Crippen molar-refractivity contribution >= 4 is 16.9 Å². The Morgan fingerprint density at radius 3 is 2.79 bits per heavy atom. The van der Waals surface area contributed by atoms with Crippen LogP contribution in [0.5, 0.6) is 0 Å². The van der Waals surface area contributed by atoms with E-state index >= 15 is 0 Å². The SMILES string of the molecule is CCC1CCCCN1CCCNc1ncnc2onc(-c3cc(F)cc(F)c3)c12. The van der Waals surface area contributed by atoms with Gasteiger partial charge in [-0.2, -0.15) is 4.98 Å². The first-order chi connectivity index (χ1) is 14.2. The Balaban J connectivity index is 1.48. The molecule has 29 heavy (non-hydrogen) atoms. The van der Waals surface area contributed by atoms with E-state index in [-0.39, 0.29) is 5.71 Å². The van der Waals surface area contributed by atoms with Gasteiger partial charge in [0.1, 0.15) is 34.9 Å². The quantitative estimate of drug-likeness (QED) is 0.582. The maximum Gasteiger partial charge on any atom is 0.263 e. The van der Waals surface area contributed by atoms with Gasteiger partial charge in [0.05, 0.1) is 0 Å². The van der Waals surface area contributed by atoms with Crippen molar-refractivity contribution in [3.05, 3.63) is 36.2 Å². The molecule has 1 aliphatic rings. The summed E-state index contributed by atoms with van der Waals surface area (Å²) in [5, 5.41) is 7.82. The van der Waals surface area contributed by atoms with Gasteiger partial charge < -0.3 is 14.7 Å². The fourth-order valence-corrected chi connectivity index (χ4v) is 4.11. The average molecular weight is 401 g/mol. The smallest absolute Gasteiger partial charge is 0.263 e. The van der Waals surface area contributed by atoms with E-state index in [4.69, 9.17) is 4.52 Å². The molecule has 0 aliphatic carbocycles. The predicted octanol–water partition coefficient (Wildman–Crippen LogP) is 4.63. The number of benzene rings is 1. The van der Waals surface area contributed by atoms with Crippen LogP contribution in [0.2, 0.25) is 0 Å². The predicted molar refractivity (Wildman–Crippen MR) is 108 cm³/mol. The van der Waals surface area contributed by atoms with Gasteiger partial charge in [0.2, 0.25) is 0 Å². The van der Waals surface area contributed by atoms with E-state index < -0.39 is 11.6 Å². The summed E-state index contributed by atoms with van der Waals surface area (Å²) >= 11 is 0. The van der Waals surface area contributed by atoms with Crippen molar-refractivity contribution < 1.29 is 13.3 Å². The first-order valence-electron chi connectivity index (χ1n) is 10.2. The summed E-state index contributed by atoms with van der Waals surface area (Å²) in [6, 6.07) is 3.95. The molecular weight excluding hydrogens is 376 g/mol. The number of anilines is 1. The van der Waals surface area contributed by atoms with E-state index in [1.54, 1.807) is 0 Å². The van der Waals surface area contributed by atoms with Crippen LogP contribution >= 0.6 is 0 Å². The fraction of sp³-hybridized carbons (Fsp3) is 0.476. The van der Waals surface area contributed by atoms with Crippen molar-refractivity contribution in [2.45, 2.75) is 45.1 Å². The Morgan fingerprint density at radius 2 is 2.00 bits per heavy atom. The highest BCUT2D eigenvalue weighted by Crippen LogP contribution is 2.32. The fourth-order valence-electron chi connectivity index (χ4n) is 4.11. The third-order valence-electron chi connectivity index (χ3n) is 5.54. The van der Waals surface area contributed by atoms with E-state index in [2.05, 4.69) is 32.3 Å². The molecule has 1 N–H and O–H groups in total. The Kier molecular flexibility index (Phi) is 5.99. The summed E-state index contributed by atoms with van der Waals surface area (Å²) in [6.07, 6.45) is 7.42. The maximum absolute atomic E-state index is 13.7. The lowest BCUT2D eigenvalue weighted by molar-refractivity contribution is 0.144. The summed E-state index contributed by atoms with van der Waals surface area (Å²) in [5.74, 6) is -0.786.